The fourth-order valence-corrected chi connectivity index (χ4v) is 3.17. The van der Waals surface area contributed by atoms with Crippen LogP contribution in [-0.2, 0) is 4.79 Å². The van der Waals surface area contributed by atoms with E-state index in [4.69, 9.17) is 0 Å². The highest BCUT2D eigenvalue weighted by Gasteiger charge is 2.49. The number of aliphatic hydroxyl groups excluding tert-OH is 1. The number of benzene rings is 1. The largest absolute Gasteiger partial charge is 0.481 e. The first-order valence-electron chi connectivity index (χ1n) is 8.33. The zero-order chi connectivity index (χ0) is 18.8. The molecule has 0 unspecified atom stereocenters. The number of amides is 1. The summed E-state index contributed by atoms with van der Waals surface area (Å²) in [6.45, 7) is 3.91. The van der Waals surface area contributed by atoms with Crippen molar-refractivity contribution in [2.45, 2.75) is 39.2 Å². The van der Waals surface area contributed by atoms with Gasteiger partial charge in [0.25, 0.3) is 5.91 Å². The van der Waals surface area contributed by atoms with Crippen LogP contribution in [0.2, 0.25) is 0 Å². The van der Waals surface area contributed by atoms with Gasteiger partial charge in [0.1, 0.15) is 5.41 Å². The highest BCUT2D eigenvalue weighted by molar-refractivity contribution is 5.94. The van der Waals surface area contributed by atoms with E-state index >= 15 is 0 Å². The van der Waals surface area contributed by atoms with Crippen molar-refractivity contribution in [1.29, 1.82) is 0 Å². The van der Waals surface area contributed by atoms with Crippen LogP contribution in [0.15, 0.2) is 18.2 Å². The lowest BCUT2D eigenvalue weighted by Crippen LogP contribution is -2.57. The number of likely N-dealkylation sites (tertiary alicyclic amines) is 1. The molecule has 2 atom stereocenters. The molecule has 1 aliphatic heterocycles. The molecule has 1 amide bonds. The van der Waals surface area contributed by atoms with Crippen molar-refractivity contribution in [2.75, 3.05) is 13.1 Å². The molecule has 0 aliphatic carbocycles. The van der Waals surface area contributed by atoms with Crippen molar-refractivity contribution in [3.05, 3.63) is 35.4 Å². The van der Waals surface area contributed by atoms with Crippen LogP contribution in [-0.4, -0.2) is 46.2 Å². The first kappa shape index (κ1) is 19.3. The number of rotatable bonds is 5. The zero-order valence-corrected chi connectivity index (χ0v) is 14.3. The molecule has 1 fully saturated rings. The van der Waals surface area contributed by atoms with Crippen LogP contribution in [0.25, 0.3) is 0 Å². The van der Waals surface area contributed by atoms with Crippen LogP contribution in [0.4, 0.5) is 8.78 Å². The van der Waals surface area contributed by atoms with Crippen LogP contribution in [0.5, 0.6) is 0 Å². The lowest BCUT2D eigenvalue weighted by Gasteiger charge is -2.43. The number of carbonyl (C=O) groups excluding carboxylic acids is 1. The number of carboxylic acid groups (broad SMARTS) is 1. The summed E-state index contributed by atoms with van der Waals surface area (Å²) < 4.78 is 26.4. The highest BCUT2D eigenvalue weighted by atomic mass is 19.2. The van der Waals surface area contributed by atoms with E-state index in [-0.39, 0.29) is 37.4 Å². The number of aliphatic carboxylic acids is 1. The molecular weight excluding hydrogens is 332 g/mol. The van der Waals surface area contributed by atoms with E-state index in [0.717, 1.165) is 12.1 Å². The van der Waals surface area contributed by atoms with Crippen molar-refractivity contribution >= 4 is 11.9 Å². The summed E-state index contributed by atoms with van der Waals surface area (Å²) in [6.07, 6.45) is -0.100. The highest BCUT2D eigenvalue weighted by Crippen LogP contribution is 2.37. The third-order valence-electron chi connectivity index (χ3n) is 4.83. The van der Waals surface area contributed by atoms with E-state index in [9.17, 15) is 28.6 Å². The molecule has 1 aromatic rings. The topological polar surface area (TPSA) is 77.8 Å². The van der Waals surface area contributed by atoms with Gasteiger partial charge in [0.2, 0.25) is 0 Å². The van der Waals surface area contributed by atoms with E-state index in [1.165, 1.54) is 11.0 Å². The van der Waals surface area contributed by atoms with Gasteiger partial charge in [-0.1, -0.05) is 13.8 Å². The summed E-state index contributed by atoms with van der Waals surface area (Å²) in [5.74, 6) is -3.65. The Morgan fingerprint density at radius 1 is 1.32 bits per heavy atom. The van der Waals surface area contributed by atoms with Gasteiger partial charge in [0, 0.05) is 18.7 Å². The Morgan fingerprint density at radius 3 is 2.56 bits per heavy atom. The molecule has 0 saturated carbocycles. The maximum absolute atomic E-state index is 13.4. The minimum Gasteiger partial charge on any atom is -0.481 e. The lowest BCUT2D eigenvalue weighted by molar-refractivity contribution is -0.163. The van der Waals surface area contributed by atoms with Gasteiger partial charge in [-0.3, -0.25) is 9.59 Å². The molecule has 2 rings (SSSR count). The number of hydrogen-bond donors (Lipinski definition) is 2. The van der Waals surface area contributed by atoms with Gasteiger partial charge < -0.3 is 15.1 Å². The second-order valence-electron chi connectivity index (χ2n) is 7.05. The van der Waals surface area contributed by atoms with Crippen molar-refractivity contribution in [3.63, 3.8) is 0 Å². The summed E-state index contributed by atoms with van der Waals surface area (Å²) in [6, 6.07) is 2.84. The van der Waals surface area contributed by atoms with Gasteiger partial charge in [-0.2, -0.15) is 0 Å². The van der Waals surface area contributed by atoms with Crippen LogP contribution in [0.3, 0.4) is 0 Å². The van der Waals surface area contributed by atoms with Crippen LogP contribution in [0.1, 0.15) is 43.5 Å². The third-order valence-corrected chi connectivity index (χ3v) is 4.83. The van der Waals surface area contributed by atoms with Gasteiger partial charge in [0.05, 0.1) is 6.10 Å². The smallest absolute Gasteiger partial charge is 0.314 e. The Labute approximate surface area is 145 Å². The van der Waals surface area contributed by atoms with Crippen molar-refractivity contribution < 1.29 is 28.6 Å². The quantitative estimate of drug-likeness (QED) is 0.851. The molecule has 0 spiro atoms. The Morgan fingerprint density at radius 2 is 2.00 bits per heavy atom. The molecule has 1 aromatic carbocycles. The molecule has 138 valence electrons. The molecule has 0 radical (unpaired) electrons. The number of aliphatic hydroxyl groups is 1. The van der Waals surface area contributed by atoms with Crippen molar-refractivity contribution in [1.82, 2.24) is 4.90 Å². The first-order valence-corrected chi connectivity index (χ1v) is 8.33. The second kappa shape index (κ2) is 7.47. The van der Waals surface area contributed by atoms with E-state index in [0.29, 0.717) is 6.42 Å². The van der Waals surface area contributed by atoms with Crippen LogP contribution in [0, 0.1) is 23.0 Å². The Bertz CT molecular complexity index is 664. The predicted octanol–water partition coefficient (Wildman–Crippen LogP) is 2.68. The molecular formula is C18H23F2NO4. The molecule has 7 heteroatoms. The standard InChI is InChI=1S/C18H23F2NO4/c1-11(2)5-7-18(17(24)25)10-21(8-6-15(18)22)16(23)12-3-4-13(19)14(20)9-12/h3-4,9,11,15,22H,5-8,10H2,1-2H3,(H,24,25)/t15-,18-/m1/s1. The summed E-state index contributed by atoms with van der Waals surface area (Å²) >= 11 is 0. The van der Waals surface area contributed by atoms with Gasteiger partial charge in [-0.15, -0.1) is 0 Å². The van der Waals surface area contributed by atoms with Gasteiger partial charge in [-0.25, -0.2) is 8.78 Å². The summed E-state index contributed by atoms with van der Waals surface area (Å²) in [4.78, 5) is 25.8. The number of halogens is 2. The molecule has 5 nitrogen and oxygen atoms in total. The number of nitrogens with zero attached hydrogens (tertiary/aromatic N) is 1. The average Bonchev–Trinajstić information content (AvgIpc) is 2.55. The zero-order valence-electron chi connectivity index (χ0n) is 14.3. The number of piperidine rings is 1. The summed E-state index contributed by atoms with van der Waals surface area (Å²) in [5.41, 5.74) is -1.49. The second-order valence-corrected chi connectivity index (χ2v) is 7.05. The molecule has 0 aromatic heterocycles. The molecule has 1 aliphatic rings. The van der Waals surface area contributed by atoms with Gasteiger partial charge in [0.15, 0.2) is 11.6 Å². The first-order chi connectivity index (χ1) is 11.7. The fraction of sp³-hybridized carbons (Fsp3) is 0.556. The normalized spacial score (nSPS) is 23.8. The minimum absolute atomic E-state index is 0.0431. The van der Waals surface area contributed by atoms with E-state index < -0.39 is 35.0 Å². The average molecular weight is 355 g/mol. The molecule has 1 saturated heterocycles. The summed E-state index contributed by atoms with van der Waals surface area (Å²) in [7, 11) is 0. The monoisotopic (exact) mass is 355 g/mol. The third kappa shape index (κ3) is 3.98. The SMILES string of the molecule is CC(C)CC[C@@]1(C(=O)O)CN(C(=O)c2ccc(F)c(F)c2)CC[C@H]1O. The van der Waals surface area contributed by atoms with E-state index in [1.807, 2.05) is 13.8 Å². The minimum atomic E-state index is -1.45. The molecule has 2 N–H and O–H groups in total. The number of hydrogen-bond acceptors (Lipinski definition) is 3. The molecule has 25 heavy (non-hydrogen) atoms. The fourth-order valence-electron chi connectivity index (χ4n) is 3.17. The Kier molecular flexibility index (Phi) is 5.77. The predicted molar refractivity (Wildman–Crippen MR) is 87.0 cm³/mol. The molecule has 1 heterocycles. The number of carbonyl (C=O) groups is 2. The Hall–Kier alpha value is -2.02. The van der Waals surface area contributed by atoms with Gasteiger partial charge >= 0.3 is 5.97 Å². The Balaban J connectivity index is 2.26. The van der Waals surface area contributed by atoms with Gasteiger partial charge in [-0.05, 0) is 43.4 Å². The van der Waals surface area contributed by atoms with Crippen LogP contribution < -0.4 is 0 Å². The number of carboxylic acids is 1. The summed E-state index contributed by atoms with van der Waals surface area (Å²) in [5, 5.41) is 20.0. The lowest BCUT2D eigenvalue weighted by atomic mass is 9.72. The molecule has 0 bridgehead atoms. The van der Waals surface area contributed by atoms with E-state index in [1.54, 1.807) is 0 Å². The van der Waals surface area contributed by atoms with Crippen LogP contribution >= 0.6 is 0 Å². The van der Waals surface area contributed by atoms with Crippen molar-refractivity contribution in [3.8, 4) is 0 Å². The van der Waals surface area contributed by atoms with Crippen molar-refractivity contribution in [2.24, 2.45) is 11.3 Å². The maximum Gasteiger partial charge on any atom is 0.314 e. The van der Waals surface area contributed by atoms with E-state index in [2.05, 4.69) is 0 Å². The maximum atomic E-state index is 13.4.